The lowest BCUT2D eigenvalue weighted by atomic mass is 9.85. The number of rotatable bonds is 4. The van der Waals surface area contributed by atoms with E-state index in [0.29, 0.717) is 0 Å². The van der Waals surface area contributed by atoms with Crippen LogP contribution >= 0.6 is 45.2 Å². The Labute approximate surface area is 179 Å². The summed E-state index contributed by atoms with van der Waals surface area (Å²) < 4.78 is 7.79. The van der Waals surface area contributed by atoms with Crippen molar-refractivity contribution in [2.24, 2.45) is 28.8 Å². The molecule has 136 valence electrons. The molecule has 4 atom stereocenters. The van der Waals surface area contributed by atoms with E-state index in [0.717, 1.165) is 29.9 Å². The highest BCUT2D eigenvalue weighted by Gasteiger charge is 2.59. The number of amides is 2. The van der Waals surface area contributed by atoms with Gasteiger partial charge in [0.2, 0.25) is 0 Å². The first-order chi connectivity index (χ1) is 12.4. The molecule has 2 amide bonds. The van der Waals surface area contributed by atoms with Crippen LogP contribution in [0.4, 0.5) is 0 Å². The largest absolute Gasteiger partial charge is 0.489 e. The number of carbonyl (C=O) groups is 2. The van der Waals surface area contributed by atoms with E-state index in [1.54, 1.807) is 6.21 Å². The van der Waals surface area contributed by atoms with Gasteiger partial charge in [-0.1, -0.05) is 12.2 Å². The van der Waals surface area contributed by atoms with Crippen molar-refractivity contribution in [3.63, 3.8) is 0 Å². The summed E-state index contributed by atoms with van der Waals surface area (Å²) in [5, 5.41) is 5.32. The molecular formula is C19H18I2N2O3. The summed E-state index contributed by atoms with van der Waals surface area (Å²) in [6, 6.07) is 3.89. The highest BCUT2D eigenvalue weighted by molar-refractivity contribution is 14.1. The molecule has 7 heteroatoms. The van der Waals surface area contributed by atoms with Gasteiger partial charge in [-0.25, -0.2) is 0 Å². The van der Waals surface area contributed by atoms with Gasteiger partial charge in [-0.2, -0.15) is 10.1 Å². The summed E-state index contributed by atoms with van der Waals surface area (Å²) >= 11 is 4.46. The van der Waals surface area contributed by atoms with Gasteiger partial charge in [0.05, 0.1) is 31.3 Å². The van der Waals surface area contributed by atoms with Crippen LogP contribution in [-0.4, -0.2) is 29.1 Å². The fraction of sp³-hybridized carbons (Fsp3) is 0.421. The van der Waals surface area contributed by atoms with Gasteiger partial charge in [-0.3, -0.25) is 9.59 Å². The number of benzene rings is 1. The minimum atomic E-state index is -0.211. The van der Waals surface area contributed by atoms with Gasteiger partial charge in [0.25, 0.3) is 11.8 Å². The summed E-state index contributed by atoms with van der Waals surface area (Å²) in [7, 11) is 0. The van der Waals surface area contributed by atoms with Crippen molar-refractivity contribution in [2.75, 3.05) is 0 Å². The SMILES string of the molecule is CC(C)Oc1c(I)cc(C=NN2C(=O)[C@@H]3[C@H](C2=O)[C@H]2C=C[C@H]3C2)cc1I. The van der Waals surface area contributed by atoms with E-state index >= 15 is 0 Å². The molecule has 1 aliphatic heterocycles. The predicted octanol–water partition coefficient (Wildman–Crippen LogP) is 3.82. The van der Waals surface area contributed by atoms with Crippen LogP contribution in [0.3, 0.4) is 0 Å². The van der Waals surface area contributed by atoms with E-state index in [1.165, 1.54) is 0 Å². The minimum absolute atomic E-state index is 0.0970. The number of carbonyl (C=O) groups excluding carboxylic acids is 2. The third-order valence-corrected chi connectivity index (χ3v) is 6.75. The number of allylic oxidation sites excluding steroid dienone is 2. The molecule has 1 aromatic carbocycles. The molecule has 0 radical (unpaired) electrons. The second-order valence-electron chi connectivity index (χ2n) is 7.21. The molecule has 0 unspecified atom stereocenters. The predicted molar refractivity (Wildman–Crippen MR) is 115 cm³/mol. The second kappa shape index (κ2) is 6.88. The maximum absolute atomic E-state index is 12.7. The van der Waals surface area contributed by atoms with Crippen LogP contribution < -0.4 is 4.74 Å². The number of imide groups is 1. The van der Waals surface area contributed by atoms with Crippen molar-refractivity contribution < 1.29 is 14.3 Å². The number of halogens is 2. The lowest BCUT2D eigenvalue weighted by Crippen LogP contribution is -2.28. The fourth-order valence-corrected chi connectivity index (χ4v) is 6.20. The molecule has 3 aliphatic rings. The van der Waals surface area contributed by atoms with Crippen LogP contribution in [0.2, 0.25) is 0 Å². The Kier molecular flexibility index (Phi) is 4.87. The lowest BCUT2D eigenvalue weighted by Gasteiger charge is -2.14. The van der Waals surface area contributed by atoms with E-state index in [9.17, 15) is 9.59 Å². The maximum atomic E-state index is 12.7. The molecule has 1 saturated heterocycles. The molecule has 1 aromatic rings. The number of hydrogen-bond donors (Lipinski definition) is 0. The van der Waals surface area contributed by atoms with Crippen LogP contribution in [0, 0.1) is 30.8 Å². The minimum Gasteiger partial charge on any atom is -0.489 e. The van der Waals surface area contributed by atoms with E-state index in [2.05, 4.69) is 62.4 Å². The molecular weight excluding hydrogens is 558 g/mol. The Morgan fingerprint density at radius 1 is 1.12 bits per heavy atom. The van der Waals surface area contributed by atoms with Gasteiger partial charge in [-0.05, 0) is 95.0 Å². The van der Waals surface area contributed by atoms with Crippen molar-refractivity contribution >= 4 is 63.2 Å². The Morgan fingerprint density at radius 2 is 1.65 bits per heavy atom. The van der Waals surface area contributed by atoms with Crippen LogP contribution in [0.1, 0.15) is 25.8 Å². The van der Waals surface area contributed by atoms with Crippen molar-refractivity contribution in [2.45, 2.75) is 26.4 Å². The zero-order valence-electron chi connectivity index (χ0n) is 14.4. The average Bonchev–Trinajstić information content (AvgIpc) is 3.24. The molecule has 1 saturated carbocycles. The average molecular weight is 576 g/mol. The van der Waals surface area contributed by atoms with E-state index in [4.69, 9.17) is 4.74 Å². The standard InChI is InChI=1S/C19H18I2N2O3/c1-9(2)26-17-13(20)5-10(6-14(17)21)8-22-23-18(24)15-11-3-4-12(7-11)16(15)19(23)25/h3-6,8-9,11-12,15-16H,7H2,1-2H3/t11-,12-,15-,16+/m0/s1. The highest BCUT2D eigenvalue weighted by atomic mass is 127. The van der Waals surface area contributed by atoms with Gasteiger partial charge in [0, 0.05) is 0 Å². The van der Waals surface area contributed by atoms with Gasteiger partial charge in [-0.15, -0.1) is 0 Å². The number of nitrogens with zero attached hydrogens (tertiary/aromatic N) is 2. The second-order valence-corrected chi connectivity index (χ2v) is 9.54. The molecule has 26 heavy (non-hydrogen) atoms. The van der Waals surface area contributed by atoms with Gasteiger partial charge >= 0.3 is 0 Å². The summed E-state index contributed by atoms with van der Waals surface area (Å²) in [6.45, 7) is 3.98. The van der Waals surface area contributed by atoms with E-state index in [1.807, 2.05) is 26.0 Å². The van der Waals surface area contributed by atoms with Crippen molar-refractivity contribution in [3.05, 3.63) is 37.0 Å². The highest BCUT2D eigenvalue weighted by Crippen LogP contribution is 2.52. The molecule has 0 spiro atoms. The first-order valence-electron chi connectivity index (χ1n) is 8.62. The van der Waals surface area contributed by atoms with Crippen LogP contribution in [0.25, 0.3) is 0 Å². The van der Waals surface area contributed by atoms with Crippen molar-refractivity contribution in [1.82, 2.24) is 5.01 Å². The zero-order valence-corrected chi connectivity index (χ0v) is 18.7. The summed E-state index contributed by atoms with van der Waals surface area (Å²) in [5.74, 6) is 0.527. The summed E-state index contributed by atoms with van der Waals surface area (Å²) in [4.78, 5) is 25.3. The Hall–Kier alpha value is -0.970. The van der Waals surface area contributed by atoms with Crippen LogP contribution in [0.5, 0.6) is 5.75 Å². The van der Waals surface area contributed by atoms with Crippen LogP contribution in [-0.2, 0) is 9.59 Å². The molecule has 2 fully saturated rings. The van der Waals surface area contributed by atoms with Crippen molar-refractivity contribution in [3.8, 4) is 5.75 Å². The molecule has 2 aliphatic carbocycles. The molecule has 5 nitrogen and oxygen atoms in total. The van der Waals surface area contributed by atoms with E-state index < -0.39 is 0 Å². The first kappa shape index (κ1) is 18.4. The third-order valence-electron chi connectivity index (χ3n) is 5.14. The smallest absolute Gasteiger partial charge is 0.254 e. The fourth-order valence-electron chi connectivity index (χ4n) is 4.13. The third kappa shape index (κ3) is 3.00. The molecule has 2 bridgehead atoms. The number of hydrazone groups is 1. The first-order valence-corrected chi connectivity index (χ1v) is 10.8. The summed E-state index contributed by atoms with van der Waals surface area (Å²) in [5.41, 5.74) is 0.841. The quantitative estimate of drug-likeness (QED) is 0.237. The zero-order chi connectivity index (χ0) is 18.6. The number of hydrogen-bond acceptors (Lipinski definition) is 4. The van der Waals surface area contributed by atoms with Gasteiger partial charge in [0.15, 0.2) is 0 Å². The molecule has 0 N–H and O–H groups in total. The molecule has 4 rings (SSSR count). The maximum Gasteiger partial charge on any atom is 0.254 e. The van der Waals surface area contributed by atoms with Gasteiger partial charge < -0.3 is 4.74 Å². The lowest BCUT2D eigenvalue weighted by molar-refractivity contribution is -0.140. The van der Waals surface area contributed by atoms with E-state index in [-0.39, 0.29) is 41.6 Å². The topological polar surface area (TPSA) is 59.0 Å². The number of fused-ring (bicyclic) bond motifs is 5. The Bertz CT molecular complexity index is 796. The van der Waals surface area contributed by atoms with Crippen molar-refractivity contribution in [1.29, 1.82) is 0 Å². The van der Waals surface area contributed by atoms with Crippen LogP contribution in [0.15, 0.2) is 29.4 Å². The Balaban J connectivity index is 1.56. The molecule has 1 heterocycles. The normalized spacial score (nSPS) is 29.5. The number of ether oxygens (including phenoxy) is 1. The summed E-state index contributed by atoms with van der Waals surface area (Å²) in [6.07, 6.45) is 6.79. The Morgan fingerprint density at radius 3 is 2.15 bits per heavy atom. The monoisotopic (exact) mass is 576 g/mol. The molecule has 0 aromatic heterocycles. The van der Waals surface area contributed by atoms with Gasteiger partial charge in [0.1, 0.15) is 5.75 Å².